The summed E-state index contributed by atoms with van der Waals surface area (Å²) in [6.07, 6.45) is 5.03. The summed E-state index contributed by atoms with van der Waals surface area (Å²) in [5.74, 6) is 0.564. The van der Waals surface area contributed by atoms with Gasteiger partial charge >= 0.3 is 10.2 Å². The Hall–Kier alpha value is -1.12. The maximum absolute atomic E-state index is 12.3. The Morgan fingerprint density at radius 2 is 2.10 bits per heavy atom. The summed E-state index contributed by atoms with van der Waals surface area (Å²) in [6, 6.07) is 0. The van der Waals surface area contributed by atoms with Gasteiger partial charge in [-0.1, -0.05) is 0 Å². The number of hydrogen-bond donors (Lipinski definition) is 2. The summed E-state index contributed by atoms with van der Waals surface area (Å²) in [5.41, 5.74) is 0.518. The van der Waals surface area contributed by atoms with E-state index >= 15 is 0 Å². The third-order valence-corrected chi connectivity index (χ3v) is 5.15. The molecule has 1 aliphatic rings. The van der Waals surface area contributed by atoms with Crippen molar-refractivity contribution in [1.82, 2.24) is 19.4 Å². The topological polar surface area (TPSA) is 79.3 Å². The van der Waals surface area contributed by atoms with Crippen LogP contribution in [-0.2, 0) is 16.8 Å². The highest BCUT2D eigenvalue weighted by molar-refractivity contribution is 7.90. The van der Waals surface area contributed by atoms with E-state index in [1.807, 2.05) is 14.0 Å². The van der Waals surface area contributed by atoms with Gasteiger partial charge in [0.1, 0.15) is 0 Å². The van der Waals surface area contributed by atoms with Crippen LogP contribution >= 0.6 is 0 Å². The van der Waals surface area contributed by atoms with E-state index in [1.165, 1.54) is 10.5 Å². The molecule has 1 fully saturated rings. The number of hydrogen-bond acceptors (Lipinski definition) is 4. The molecule has 2 rings (SSSR count). The molecule has 0 radical (unpaired) electrons. The second kappa shape index (κ2) is 6.55. The molecule has 0 bridgehead atoms. The molecule has 0 amide bonds. The number of nitrogens with zero attached hydrogens (tertiary/aromatic N) is 3. The Morgan fingerprint density at radius 1 is 1.40 bits per heavy atom. The molecule has 2 N–H and O–H groups in total. The van der Waals surface area contributed by atoms with Crippen molar-refractivity contribution in [3.05, 3.63) is 12.4 Å². The smallest absolute Gasteiger partial charge is 0.301 e. The molecule has 1 aromatic rings. The van der Waals surface area contributed by atoms with Crippen molar-refractivity contribution in [2.45, 2.75) is 26.3 Å². The van der Waals surface area contributed by atoms with E-state index in [0.29, 0.717) is 24.7 Å². The Bertz CT molecular complexity index is 520. The van der Waals surface area contributed by atoms with Gasteiger partial charge in [-0.2, -0.15) is 17.8 Å². The van der Waals surface area contributed by atoms with Crippen molar-refractivity contribution in [3.8, 4) is 0 Å². The molecule has 1 aromatic heterocycles. The molecule has 8 heteroatoms. The number of piperidine rings is 1. The van der Waals surface area contributed by atoms with Crippen LogP contribution in [0.3, 0.4) is 0 Å². The lowest BCUT2D eigenvalue weighted by molar-refractivity contribution is 0.272. The zero-order valence-electron chi connectivity index (χ0n) is 12.0. The Labute approximate surface area is 120 Å². The van der Waals surface area contributed by atoms with Gasteiger partial charge in [0.15, 0.2) is 0 Å². The highest BCUT2D eigenvalue weighted by Gasteiger charge is 2.27. The molecule has 0 spiro atoms. The molecule has 0 saturated carbocycles. The SMILES string of the molecule is CCn1cc(NS(=O)(=O)N2CCC(CNC)CC2)cn1. The maximum atomic E-state index is 12.3. The molecule has 0 unspecified atom stereocenters. The summed E-state index contributed by atoms with van der Waals surface area (Å²) in [7, 11) is -1.53. The Balaban J connectivity index is 1.94. The van der Waals surface area contributed by atoms with Crippen LogP contribution in [0.15, 0.2) is 12.4 Å². The summed E-state index contributed by atoms with van der Waals surface area (Å²) >= 11 is 0. The first-order valence-corrected chi connectivity index (χ1v) is 8.44. The normalized spacial score (nSPS) is 18.3. The highest BCUT2D eigenvalue weighted by Crippen LogP contribution is 2.20. The first-order valence-electron chi connectivity index (χ1n) is 7.00. The molecule has 0 atom stereocenters. The van der Waals surface area contributed by atoms with Crippen LogP contribution in [0.25, 0.3) is 0 Å². The van der Waals surface area contributed by atoms with Crippen molar-refractivity contribution in [3.63, 3.8) is 0 Å². The maximum Gasteiger partial charge on any atom is 0.301 e. The minimum Gasteiger partial charge on any atom is -0.319 e. The van der Waals surface area contributed by atoms with Crippen LogP contribution in [0.1, 0.15) is 19.8 Å². The lowest BCUT2D eigenvalue weighted by Crippen LogP contribution is -2.43. The summed E-state index contributed by atoms with van der Waals surface area (Å²) in [5, 5.41) is 7.21. The molecule has 20 heavy (non-hydrogen) atoms. The zero-order valence-corrected chi connectivity index (χ0v) is 12.9. The molecule has 1 saturated heterocycles. The van der Waals surface area contributed by atoms with E-state index < -0.39 is 10.2 Å². The van der Waals surface area contributed by atoms with Crippen molar-refractivity contribution in [2.75, 3.05) is 31.4 Å². The average molecular weight is 301 g/mol. The number of aromatic nitrogens is 2. The molecule has 1 aliphatic heterocycles. The predicted octanol–water partition coefficient (Wildman–Crippen LogP) is 0.491. The number of aryl methyl sites for hydroxylation is 1. The predicted molar refractivity (Wildman–Crippen MR) is 78.7 cm³/mol. The highest BCUT2D eigenvalue weighted by atomic mass is 32.2. The van der Waals surface area contributed by atoms with E-state index in [4.69, 9.17) is 0 Å². The van der Waals surface area contributed by atoms with Crippen LogP contribution in [0.2, 0.25) is 0 Å². The average Bonchev–Trinajstić information content (AvgIpc) is 2.87. The molecule has 2 heterocycles. The third kappa shape index (κ3) is 3.71. The molecule has 0 aliphatic carbocycles. The van der Waals surface area contributed by atoms with Gasteiger partial charge in [-0.25, -0.2) is 0 Å². The molecule has 114 valence electrons. The van der Waals surface area contributed by atoms with Gasteiger partial charge in [0.2, 0.25) is 0 Å². The van der Waals surface area contributed by atoms with Gasteiger partial charge < -0.3 is 5.32 Å². The number of anilines is 1. The molecular formula is C12H23N5O2S. The Morgan fingerprint density at radius 3 is 2.65 bits per heavy atom. The van der Waals surface area contributed by atoms with Crippen LogP contribution in [0, 0.1) is 5.92 Å². The van der Waals surface area contributed by atoms with E-state index in [1.54, 1.807) is 10.9 Å². The number of rotatable bonds is 6. The zero-order chi connectivity index (χ0) is 14.6. The van der Waals surface area contributed by atoms with Crippen LogP contribution in [-0.4, -0.2) is 49.2 Å². The van der Waals surface area contributed by atoms with E-state index in [-0.39, 0.29) is 0 Å². The van der Waals surface area contributed by atoms with Gasteiger partial charge in [-0.15, -0.1) is 0 Å². The van der Waals surface area contributed by atoms with Crippen molar-refractivity contribution in [2.24, 2.45) is 5.92 Å². The molecule has 7 nitrogen and oxygen atoms in total. The van der Waals surface area contributed by atoms with Crippen molar-refractivity contribution in [1.29, 1.82) is 0 Å². The number of nitrogens with one attached hydrogen (secondary N) is 2. The van der Waals surface area contributed by atoms with Crippen LogP contribution in [0.5, 0.6) is 0 Å². The first kappa shape index (κ1) is 15.3. The Kier molecular flexibility index (Phi) is 5.00. The summed E-state index contributed by atoms with van der Waals surface area (Å²) in [4.78, 5) is 0. The van der Waals surface area contributed by atoms with Gasteiger partial charge in [0.05, 0.1) is 11.9 Å². The summed E-state index contributed by atoms with van der Waals surface area (Å²) < 4.78 is 30.4. The second-order valence-electron chi connectivity index (χ2n) is 5.09. The lowest BCUT2D eigenvalue weighted by atomic mass is 9.98. The largest absolute Gasteiger partial charge is 0.319 e. The standard InChI is InChI=1S/C12H23N5O2S/c1-3-16-10-12(9-14-16)15-20(18,19)17-6-4-11(5-7-17)8-13-2/h9-11,13,15H,3-8H2,1-2H3. The minimum atomic E-state index is -3.46. The lowest BCUT2D eigenvalue weighted by Gasteiger charge is -2.30. The van der Waals surface area contributed by atoms with Crippen LogP contribution in [0.4, 0.5) is 5.69 Å². The van der Waals surface area contributed by atoms with Gasteiger partial charge in [-0.05, 0) is 39.3 Å². The van der Waals surface area contributed by atoms with Crippen molar-refractivity contribution >= 4 is 15.9 Å². The minimum absolute atomic E-state index is 0.518. The quantitative estimate of drug-likeness (QED) is 0.801. The first-order chi connectivity index (χ1) is 9.55. The van der Waals surface area contributed by atoms with E-state index in [9.17, 15) is 8.42 Å². The summed E-state index contributed by atoms with van der Waals surface area (Å²) in [6.45, 7) is 4.77. The fourth-order valence-corrected chi connectivity index (χ4v) is 3.67. The van der Waals surface area contributed by atoms with Gasteiger partial charge in [0.25, 0.3) is 0 Å². The van der Waals surface area contributed by atoms with Crippen LogP contribution < -0.4 is 10.0 Å². The van der Waals surface area contributed by atoms with Gasteiger partial charge in [-0.3, -0.25) is 9.40 Å². The fourth-order valence-electron chi connectivity index (χ4n) is 2.45. The van der Waals surface area contributed by atoms with Crippen molar-refractivity contribution < 1.29 is 8.42 Å². The fraction of sp³-hybridized carbons (Fsp3) is 0.750. The monoisotopic (exact) mass is 301 g/mol. The van der Waals surface area contributed by atoms with E-state index in [0.717, 1.165) is 25.9 Å². The van der Waals surface area contributed by atoms with E-state index in [2.05, 4.69) is 15.1 Å². The third-order valence-electron chi connectivity index (χ3n) is 3.61. The molecule has 0 aromatic carbocycles. The van der Waals surface area contributed by atoms with Gasteiger partial charge in [0, 0.05) is 25.8 Å². The second-order valence-corrected chi connectivity index (χ2v) is 6.76. The molecular weight excluding hydrogens is 278 g/mol.